The molecule has 1 atom stereocenters. The van der Waals surface area contributed by atoms with Crippen LogP contribution in [0.15, 0.2) is 24.3 Å². The summed E-state index contributed by atoms with van der Waals surface area (Å²) in [6.45, 7) is 17.3. The summed E-state index contributed by atoms with van der Waals surface area (Å²) in [5.74, 6) is 0. The Hall–Kier alpha value is 0.817. The third-order valence-corrected chi connectivity index (χ3v) is 42.3. The van der Waals surface area contributed by atoms with Gasteiger partial charge < -0.3 is 0 Å². The predicted octanol–water partition coefficient (Wildman–Crippen LogP) is 12.1. The molecule has 0 bridgehead atoms. The van der Waals surface area contributed by atoms with Gasteiger partial charge in [0.1, 0.15) is 0 Å². The van der Waals surface area contributed by atoms with Crippen LogP contribution < -0.4 is 0 Å². The van der Waals surface area contributed by atoms with E-state index in [1.54, 1.807) is 31.1 Å². The third kappa shape index (κ3) is 11.6. The van der Waals surface area contributed by atoms with Gasteiger partial charge in [0.25, 0.3) is 0 Å². The summed E-state index contributed by atoms with van der Waals surface area (Å²) >= 11 is -4.53. The van der Waals surface area contributed by atoms with Gasteiger partial charge in [-0.15, -0.1) is 0 Å². The molecule has 0 spiro atoms. The molecule has 0 fully saturated rings. The molecule has 0 nitrogen and oxygen atoms in total. The predicted molar refractivity (Wildman–Crippen MR) is 168 cm³/mol. The summed E-state index contributed by atoms with van der Waals surface area (Å²) < 4.78 is 12.3. The second-order valence-corrected chi connectivity index (χ2v) is 40.5. The first-order valence-electron chi connectivity index (χ1n) is 16.1. The SMILES string of the molecule is CCC[CH2][Sn]([CH2]CCC)([CH2]CCC)[CH2]c1ccccc1[CH](C)[Sn]([CH2]CCC)([CH2]CCC)[CH2]CCC. The molecule has 1 rings (SSSR count). The molecule has 1 aromatic rings. The number of hydrogen-bond donors (Lipinski definition) is 0. The van der Waals surface area contributed by atoms with E-state index in [1.165, 1.54) is 77.0 Å². The van der Waals surface area contributed by atoms with Crippen LogP contribution in [0.25, 0.3) is 0 Å². The van der Waals surface area contributed by atoms with Crippen molar-refractivity contribution in [2.45, 2.75) is 161 Å². The normalized spacial score (nSPS) is 13.3. The summed E-state index contributed by atoms with van der Waals surface area (Å²) in [5.41, 5.74) is 3.68. The van der Waals surface area contributed by atoms with Crippen LogP contribution in [0.3, 0.4) is 0 Å². The van der Waals surface area contributed by atoms with Gasteiger partial charge in [-0.1, -0.05) is 0 Å². The average molecular weight is 698 g/mol. The van der Waals surface area contributed by atoms with Crippen LogP contribution in [0.2, 0.25) is 26.6 Å². The summed E-state index contributed by atoms with van der Waals surface area (Å²) in [6.07, 6.45) is 17.3. The fourth-order valence-electron chi connectivity index (χ4n) is 6.76. The first-order valence-corrected chi connectivity index (χ1v) is 31.8. The van der Waals surface area contributed by atoms with Crippen LogP contribution in [0, 0.1) is 0 Å². The van der Waals surface area contributed by atoms with Crippen molar-refractivity contribution in [3.8, 4) is 0 Å². The van der Waals surface area contributed by atoms with Crippen molar-refractivity contribution in [1.29, 1.82) is 0 Å². The van der Waals surface area contributed by atoms with Crippen molar-refractivity contribution in [1.82, 2.24) is 0 Å². The number of unbranched alkanes of at least 4 members (excludes halogenated alkanes) is 6. The van der Waals surface area contributed by atoms with Gasteiger partial charge in [-0.05, 0) is 0 Å². The van der Waals surface area contributed by atoms with Gasteiger partial charge in [0, 0.05) is 0 Å². The fraction of sp³-hybridized carbons (Fsp3) is 0.818. The van der Waals surface area contributed by atoms with E-state index >= 15 is 0 Å². The van der Waals surface area contributed by atoms with Crippen LogP contribution in [0.5, 0.6) is 0 Å². The number of rotatable bonds is 22. The van der Waals surface area contributed by atoms with E-state index in [-0.39, 0.29) is 0 Å². The molecule has 0 aliphatic rings. The van der Waals surface area contributed by atoms with Crippen molar-refractivity contribution in [2.75, 3.05) is 0 Å². The maximum absolute atomic E-state index is 2.73. The van der Waals surface area contributed by atoms with Gasteiger partial charge in [-0.25, -0.2) is 0 Å². The molecule has 35 heavy (non-hydrogen) atoms. The molecule has 0 aliphatic carbocycles. The number of benzene rings is 1. The molecule has 0 radical (unpaired) electrons. The Labute approximate surface area is 231 Å². The molecule has 0 heterocycles. The molecule has 0 amide bonds. The van der Waals surface area contributed by atoms with Crippen molar-refractivity contribution in [3.63, 3.8) is 0 Å². The van der Waals surface area contributed by atoms with Gasteiger partial charge >= 0.3 is 233 Å². The van der Waals surface area contributed by atoms with Crippen molar-refractivity contribution in [2.24, 2.45) is 0 Å². The minimum atomic E-state index is -2.31. The summed E-state index contributed by atoms with van der Waals surface area (Å²) in [6, 6.07) is 10.0. The van der Waals surface area contributed by atoms with E-state index < -0.39 is 36.8 Å². The van der Waals surface area contributed by atoms with E-state index in [9.17, 15) is 0 Å². The first-order chi connectivity index (χ1) is 17.0. The fourth-order valence-corrected chi connectivity index (χ4v) is 40.7. The van der Waals surface area contributed by atoms with Crippen LogP contribution >= 0.6 is 0 Å². The minimum absolute atomic E-state index is 0.901. The van der Waals surface area contributed by atoms with Gasteiger partial charge in [0.05, 0.1) is 0 Å². The molecule has 204 valence electrons. The quantitative estimate of drug-likeness (QED) is 0.106. The molecule has 2 heteroatoms. The molecule has 1 aromatic carbocycles. The maximum atomic E-state index is 2.73. The third-order valence-electron chi connectivity index (χ3n) is 9.27. The monoisotopic (exact) mass is 700 g/mol. The second-order valence-electron chi connectivity index (χ2n) is 12.1. The number of hydrogen-bond acceptors (Lipinski definition) is 0. The van der Waals surface area contributed by atoms with Gasteiger partial charge in [-0.2, -0.15) is 0 Å². The van der Waals surface area contributed by atoms with Crippen LogP contribution in [0.4, 0.5) is 0 Å². The van der Waals surface area contributed by atoms with E-state index in [1.807, 2.05) is 11.1 Å². The molecular weight excluding hydrogens is 634 g/mol. The van der Waals surface area contributed by atoms with E-state index in [0.717, 1.165) is 3.93 Å². The summed E-state index contributed by atoms with van der Waals surface area (Å²) in [7, 11) is 0. The Kier molecular flexibility index (Phi) is 19.2. The molecule has 0 saturated heterocycles. The van der Waals surface area contributed by atoms with Gasteiger partial charge in [0.2, 0.25) is 0 Å². The molecule has 0 aliphatic heterocycles. The molecule has 0 saturated carbocycles. The Morgan fingerprint density at radius 2 is 0.914 bits per heavy atom. The second kappa shape index (κ2) is 19.8. The Morgan fingerprint density at radius 1 is 0.543 bits per heavy atom. The summed E-state index contributed by atoms with van der Waals surface area (Å²) in [4.78, 5) is 0. The molecule has 1 unspecified atom stereocenters. The van der Waals surface area contributed by atoms with Crippen LogP contribution in [0.1, 0.15) is 141 Å². The Balaban J connectivity index is 3.44. The summed E-state index contributed by atoms with van der Waals surface area (Å²) in [5, 5.41) is 0. The zero-order valence-corrected chi connectivity index (χ0v) is 31.0. The molecular formula is C33H64Sn2. The topological polar surface area (TPSA) is 0 Å². The van der Waals surface area contributed by atoms with Crippen LogP contribution in [-0.2, 0) is 4.44 Å². The standard InChI is InChI=1S/C9H10.6C4H9.2Sn/c1-3-9-7-5-4-6-8(9)2;6*1-3-4-2;;/h3-7H,2H2,1H3;6*1,3-4H2,2H3;;. The van der Waals surface area contributed by atoms with Crippen molar-refractivity contribution in [3.05, 3.63) is 35.4 Å². The first kappa shape index (κ1) is 33.8. The van der Waals surface area contributed by atoms with Gasteiger partial charge in [-0.3, -0.25) is 0 Å². The Bertz CT molecular complexity index is 594. The molecule has 0 N–H and O–H groups in total. The van der Waals surface area contributed by atoms with Crippen molar-refractivity contribution < 1.29 is 0 Å². The van der Waals surface area contributed by atoms with Gasteiger partial charge in [0.15, 0.2) is 0 Å². The van der Waals surface area contributed by atoms with Crippen LogP contribution in [-0.4, -0.2) is 36.8 Å². The zero-order valence-electron chi connectivity index (χ0n) is 25.3. The molecule has 0 aromatic heterocycles. The Morgan fingerprint density at radius 3 is 1.31 bits per heavy atom. The average Bonchev–Trinajstić information content (AvgIpc) is 2.89. The van der Waals surface area contributed by atoms with E-state index in [0.29, 0.717) is 0 Å². The van der Waals surface area contributed by atoms with E-state index in [2.05, 4.69) is 72.7 Å². The van der Waals surface area contributed by atoms with Crippen molar-refractivity contribution >= 4 is 36.8 Å². The van der Waals surface area contributed by atoms with E-state index in [4.69, 9.17) is 0 Å². The zero-order chi connectivity index (χ0) is 26.0.